The molecule has 0 aromatic heterocycles. The Morgan fingerprint density at radius 2 is 1.57 bits per heavy atom. The van der Waals surface area contributed by atoms with Crippen molar-refractivity contribution in [2.24, 2.45) is 34.5 Å². The molecule has 5 heteroatoms. The smallest absolute Gasteiger partial charge is 0.184 e. The lowest BCUT2D eigenvalue weighted by Gasteiger charge is -2.63. The summed E-state index contributed by atoms with van der Waals surface area (Å²) in [7, 11) is -3.18. The molecule has 30 heavy (non-hydrogen) atoms. The Morgan fingerprint density at radius 3 is 2.20 bits per heavy atom. The van der Waals surface area contributed by atoms with Gasteiger partial charge in [0.2, 0.25) is 0 Å². The number of rotatable bonds is 4. The van der Waals surface area contributed by atoms with Crippen LogP contribution >= 0.6 is 0 Å². The summed E-state index contributed by atoms with van der Waals surface area (Å²) in [6, 6.07) is 0. The van der Waals surface area contributed by atoms with Gasteiger partial charge in [0.25, 0.3) is 0 Å². The molecule has 0 spiro atoms. The van der Waals surface area contributed by atoms with Crippen LogP contribution in [0.4, 0.5) is 0 Å². The predicted molar refractivity (Wildman–Crippen MR) is 129 cm³/mol. The first-order valence-electron chi connectivity index (χ1n) is 12.6. The van der Waals surface area contributed by atoms with Gasteiger partial charge in [-0.15, -0.1) is 0 Å². The minimum Gasteiger partial charge on any atom is -0.415 e. The van der Waals surface area contributed by atoms with E-state index in [2.05, 4.69) is 53.1 Å². The summed E-state index contributed by atoms with van der Waals surface area (Å²) in [6.45, 7) is 18.9. The number of ketones is 1. The van der Waals surface area contributed by atoms with Crippen LogP contribution in [0, 0.1) is 34.5 Å². The Kier molecular flexibility index (Phi) is 5.82. The topological polar surface area (TPSA) is 35.5 Å². The van der Waals surface area contributed by atoms with Gasteiger partial charge in [0, 0.05) is 24.0 Å². The summed E-state index contributed by atoms with van der Waals surface area (Å²) in [4.78, 5) is 13.0. The maximum Gasteiger partial charge on any atom is 0.184 e. The number of Topliss-reactive ketones (excluding diaryl/α,β-unsaturated/α-hetero) is 1. The summed E-state index contributed by atoms with van der Waals surface area (Å²) in [6.07, 6.45) is 9.97. The molecule has 4 saturated carbocycles. The molecule has 4 fully saturated rings. The van der Waals surface area contributed by atoms with Gasteiger partial charge in [0.1, 0.15) is 5.78 Å². The van der Waals surface area contributed by atoms with Crippen LogP contribution < -0.4 is 0 Å². The lowest BCUT2D eigenvalue weighted by atomic mass is 9.44. The van der Waals surface area contributed by atoms with Gasteiger partial charge in [-0.05, 0) is 113 Å². The van der Waals surface area contributed by atoms with Gasteiger partial charge in [-0.25, -0.2) is 0 Å². The zero-order valence-corrected chi connectivity index (χ0v) is 22.8. The highest BCUT2D eigenvalue weighted by atomic mass is 28.4. The fourth-order valence-electron chi connectivity index (χ4n) is 8.25. The molecule has 4 rings (SSSR count). The van der Waals surface area contributed by atoms with E-state index in [9.17, 15) is 4.79 Å². The van der Waals surface area contributed by atoms with Crippen molar-refractivity contribution in [3.05, 3.63) is 0 Å². The fraction of sp³-hybridized carbons (Fsp3) is 0.960. The monoisotopic (exact) mass is 450 g/mol. The number of carbonyl (C=O) groups is 1. The summed E-state index contributed by atoms with van der Waals surface area (Å²) < 4.78 is 13.5. The minimum atomic E-state index is -1.69. The predicted octanol–water partition coefficient (Wildman–Crippen LogP) is 6.65. The first kappa shape index (κ1) is 23.2. The maximum atomic E-state index is 13.0. The van der Waals surface area contributed by atoms with Gasteiger partial charge >= 0.3 is 0 Å². The normalized spacial score (nSPS) is 46.9. The molecule has 0 amide bonds. The molecule has 0 aromatic carbocycles. The Bertz CT molecular complexity index is 681. The van der Waals surface area contributed by atoms with E-state index in [0.29, 0.717) is 35.1 Å². The van der Waals surface area contributed by atoms with Gasteiger partial charge in [-0.1, -0.05) is 13.8 Å². The second-order valence-electron chi connectivity index (χ2n) is 13.6. The van der Waals surface area contributed by atoms with Gasteiger partial charge in [-0.3, -0.25) is 4.79 Å². The van der Waals surface area contributed by atoms with Crippen molar-refractivity contribution in [1.29, 1.82) is 0 Å². The van der Waals surface area contributed by atoms with Crippen LogP contribution in [0.3, 0.4) is 0 Å². The van der Waals surface area contributed by atoms with Crippen molar-refractivity contribution in [2.75, 3.05) is 0 Å². The maximum absolute atomic E-state index is 13.0. The highest BCUT2D eigenvalue weighted by Gasteiger charge is 2.64. The van der Waals surface area contributed by atoms with Crippen molar-refractivity contribution in [1.82, 2.24) is 0 Å². The van der Waals surface area contributed by atoms with Crippen molar-refractivity contribution >= 4 is 22.4 Å². The molecule has 0 N–H and O–H groups in total. The zero-order valence-electron chi connectivity index (χ0n) is 20.8. The Labute approximate surface area is 187 Å². The van der Waals surface area contributed by atoms with Crippen molar-refractivity contribution in [3.8, 4) is 0 Å². The van der Waals surface area contributed by atoms with Gasteiger partial charge < -0.3 is 8.85 Å². The van der Waals surface area contributed by atoms with Crippen LogP contribution in [0.25, 0.3) is 0 Å². The molecular weight excluding hydrogens is 404 g/mol. The van der Waals surface area contributed by atoms with E-state index in [0.717, 1.165) is 25.2 Å². The fourth-order valence-corrected chi connectivity index (χ4v) is 10.6. The molecule has 0 aliphatic heterocycles. The summed E-state index contributed by atoms with van der Waals surface area (Å²) in [5.74, 6) is 3.16. The number of hydrogen-bond acceptors (Lipinski definition) is 3. The van der Waals surface area contributed by atoms with E-state index in [1.165, 1.54) is 32.1 Å². The second-order valence-corrected chi connectivity index (χ2v) is 22.5. The molecule has 5 unspecified atom stereocenters. The average molecular weight is 451 g/mol. The van der Waals surface area contributed by atoms with Crippen LogP contribution in [-0.4, -0.2) is 34.6 Å². The van der Waals surface area contributed by atoms with E-state index >= 15 is 0 Å². The number of hydrogen-bond donors (Lipinski definition) is 0. The molecule has 0 saturated heterocycles. The third kappa shape index (κ3) is 4.06. The third-order valence-electron chi connectivity index (χ3n) is 9.26. The standard InChI is InChI=1S/C25H46O3Si2/c1-24-14-13-18(27-29(3,4)5)15-17(24)9-10-19-20-11-12-22(26)25(20,2)16-21(23(19)24)28-30(6,7)8/h17-21,23H,9-16H2,1-8H3/t17-,18-,19?,20?,21+,23?,24?,25?/m1/s1. The van der Waals surface area contributed by atoms with Gasteiger partial charge in [0.05, 0.1) is 0 Å². The van der Waals surface area contributed by atoms with E-state index in [1.807, 2.05) is 0 Å². The molecule has 4 aliphatic carbocycles. The lowest BCUT2D eigenvalue weighted by molar-refractivity contribution is -0.170. The molecule has 0 aromatic rings. The highest BCUT2D eigenvalue weighted by Crippen LogP contribution is 2.66. The van der Waals surface area contributed by atoms with Gasteiger partial charge in [0.15, 0.2) is 16.6 Å². The van der Waals surface area contributed by atoms with Crippen LogP contribution in [0.15, 0.2) is 0 Å². The molecular formula is C25H46O3Si2. The first-order valence-corrected chi connectivity index (χ1v) is 19.4. The minimum absolute atomic E-state index is 0.132. The molecule has 3 nitrogen and oxygen atoms in total. The molecule has 4 aliphatic rings. The molecule has 0 radical (unpaired) electrons. The molecule has 0 bridgehead atoms. The van der Waals surface area contributed by atoms with E-state index in [1.54, 1.807) is 0 Å². The summed E-state index contributed by atoms with van der Waals surface area (Å²) >= 11 is 0. The summed E-state index contributed by atoms with van der Waals surface area (Å²) in [5.41, 5.74) is 0.215. The van der Waals surface area contributed by atoms with Crippen molar-refractivity contribution < 1.29 is 13.6 Å². The quantitative estimate of drug-likeness (QED) is 0.450. The Balaban J connectivity index is 1.64. The third-order valence-corrected chi connectivity index (χ3v) is 11.3. The zero-order chi connectivity index (χ0) is 22.1. The SMILES string of the molecule is CC12C[C@H](O[Si](C)(C)C)C3C(CC[C@@H]4C[C@H](O[Si](C)(C)C)CCC34C)C1CCC2=O. The molecule has 8 atom stereocenters. The van der Waals surface area contributed by atoms with Crippen molar-refractivity contribution in [3.63, 3.8) is 0 Å². The van der Waals surface area contributed by atoms with E-state index in [-0.39, 0.29) is 11.5 Å². The average Bonchev–Trinajstić information content (AvgIpc) is 2.87. The first-order chi connectivity index (χ1) is 13.7. The van der Waals surface area contributed by atoms with Gasteiger partial charge in [-0.2, -0.15) is 0 Å². The Morgan fingerprint density at radius 1 is 0.900 bits per heavy atom. The molecule has 0 heterocycles. The van der Waals surface area contributed by atoms with Crippen LogP contribution in [0.2, 0.25) is 39.3 Å². The highest BCUT2D eigenvalue weighted by molar-refractivity contribution is 6.70. The molecule has 172 valence electrons. The Hall–Kier alpha value is 0.0238. The van der Waals surface area contributed by atoms with Crippen molar-refractivity contribution in [2.45, 2.75) is 117 Å². The summed E-state index contributed by atoms with van der Waals surface area (Å²) in [5, 5.41) is 0. The van der Waals surface area contributed by atoms with E-state index < -0.39 is 16.6 Å². The van der Waals surface area contributed by atoms with Crippen LogP contribution in [-0.2, 0) is 13.6 Å². The number of carbonyl (C=O) groups excluding carboxylic acids is 1. The van der Waals surface area contributed by atoms with Crippen LogP contribution in [0.1, 0.15) is 65.2 Å². The largest absolute Gasteiger partial charge is 0.415 e. The van der Waals surface area contributed by atoms with Crippen LogP contribution in [0.5, 0.6) is 0 Å². The second kappa shape index (κ2) is 7.53. The lowest BCUT2D eigenvalue weighted by Crippen LogP contribution is -2.61. The number of fused-ring (bicyclic) bond motifs is 5. The van der Waals surface area contributed by atoms with E-state index in [4.69, 9.17) is 8.85 Å².